The van der Waals surface area contributed by atoms with Gasteiger partial charge in [0.05, 0.1) is 6.61 Å². The number of nitrogens with zero attached hydrogens (tertiary/aromatic N) is 1. The normalized spacial score (nSPS) is 13.8. The van der Waals surface area contributed by atoms with Crippen LogP contribution in [0.15, 0.2) is 11.6 Å². The van der Waals surface area contributed by atoms with Gasteiger partial charge in [0.15, 0.2) is 11.0 Å². The van der Waals surface area contributed by atoms with E-state index >= 15 is 0 Å². The third kappa shape index (κ3) is 2.71. The topological polar surface area (TPSA) is 110 Å². The third-order valence-electron chi connectivity index (χ3n) is 1.91. The van der Waals surface area contributed by atoms with Gasteiger partial charge in [0, 0.05) is 18.7 Å². The highest BCUT2D eigenvalue weighted by atomic mass is 32.1. The zero-order valence-electron chi connectivity index (χ0n) is 9.52. The molecule has 0 aliphatic rings. The molecule has 94 valence electrons. The molecule has 4 N–H and O–H groups in total. The molecule has 0 fully saturated rings. The molecule has 0 saturated carbocycles. The van der Waals surface area contributed by atoms with Gasteiger partial charge in [-0.3, -0.25) is 5.41 Å². The summed E-state index contributed by atoms with van der Waals surface area (Å²) in [7, 11) is 1.31. The first-order chi connectivity index (χ1) is 8.06. The van der Waals surface area contributed by atoms with Gasteiger partial charge in [0.2, 0.25) is 0 Å². The van der Waals surface area contributed by atoms with Gasteiger partial charge in [-0.05, 0) is 6.92 Å². The molecule has 8 heteroatoms. The maximum Gasteiger partial charge on any atom is 0.367 e. The van der Waals surface area contributed by atoms with Crippen LogP contribution >= 0.6 is 11.3 Å². The Balaban J connectivity index is 3.14. The average molecular weight is 258 g/mol. The van der Waals surface area contributed by atoms with Crippen LogP contribution in [0.4, 0.5) is 0 Å². The molecule has 0 radical (unpaired) electrons. The Morgan fingerprint density at radius 2 is 2.47 bits per heavy atom. The van der Waals surface area contributed by atoms with Gasteiger partial charge in [-0.25, -0.2) is 9.78 Å². The van der Waals surface area contributed by atoms with Gasteiger partial charge in [-0.2, -0.15) is 0 Å². The zero-order valence-corrected chi connectivity index (χ0v) is 10.3. The number of carbonyl (C=O) groups excluding carboxylic acids is 1. The summed E-state index contributed by atoms with van der Waals surface area (Å²) in [6, 6.07) is 0. The lowest BCUT2D eigenvalue weighted by molar-refractivity contribution is -0.172. The summed E-state index contributed by atoms with van der Waals surface area (Å²) < 4.78 is 10.1. The Hall–Kier alpha value is -1.67. The number of methoxy groups -OCH3 is 1. The van der Waals surface area contributed by atoms with E-state index in [0.29, 0.717) is 5.01 Å². The summed E-state index contributed by atoms with van der Waals surface area (Å²) in [6.07, 6.45) is 1.52. The summed E-state index contributed by atoms with van der Waals surface area (Å²) in [6.45, 7) is 1.86. The van der Waals surface area contributed by atoms with Gasteiger partial charge >= 0.3 is 5.97 Å². The first-order valence-electron chi connectivity index (χ1n) is 4.81. The van der Waals surface area contributed by atoms with E-state index in [1.807, 2.05) is 0 Å². The van der Waals surface area contributed by atoms with Gasteiger partial charge in [0.1, 0.15) is 0 Å². The molecule has 1 heterocycles. The van der Waals surface area contributed by atoms with Crippen molar-refractivity contribution in [1.29, 1.82) is 5.41 Å². The molecule has 1 aromatic heterocycles. The van der Waals surface area contributed by atoms with Crippen molar-refractivity contribution < 1.29 is 14.3 Å². The third-order valence-corrected chi connectivity index (χ3v) is 2.79. The van der Waals surface area contributed by atoms with Crippen molar-refractivity contribution in [2.75, 3.05) is 13.7 Å². The van der Waals surface area contributed by atoms with Crippen LogP contribution in [0.3, 0.4) is 0 Å². The van der Waals surface area contributed by atoms with E-state index < -0.39 is 17.7 Å². The van der Waals surface area contributed by atoms with Gasteiger partial charge in [0.25, 0.3) is 5.72 Å². The lowest BCUT2D eigenvalue weighted by atomic mass is 10.2. The molecule has 0 aliphatic heterocycles. The number of nitrogens with one attached hydrogen (secondary N) is 2. The molecule has 0 spiro atoms. The fraction of sp³-hybridized carbons (Fsp3) is 0.444. The molecule has 1 aromatic rings. The lowest BCUT2D eigenvalue weighted by Gasteiger charge is -2.28. The fourth-order valence-corrected chi connectivity index (χ4v) is 1.99. The Bertz CT molecular complexity index is 395. The zero-order chi connectivity index (χ0) is 12.9. The van der Waals surface area contributed by atoms with Crippen LogP contribution in [0.2, 0.25) is 0 Å². The Morgan fingerprint density at radius 1 is 1.76 bits per heavy atom. The van der Waals surface area contributed by atoms with E-state index in [4.69, 9.17) is 20.6 Å². The van der Waals surface area contributed by atoms with Crippen molar-refractivity contribution >= 4 is 23.3 Å². The molecular weight excluding hydrogens is 244 g/mol. The van der Waals surface area contributed by atoms with Crippen LogP contribution in [0.25, 0.3) is 0 Å². The number of guanidine groups is 1. The van der Waals surface area contributed by atoms with Crippen molar-refractivity contribution in [1.82, 2.24) is 10.3 Å². The van der Waals surface area contributed by atoms with Crippen LogP contribution in [-0.4, -0.2) is 30.6 Å². The summed E-state index contributed by atoms with van der Waals surface area (Å²) in [5.74, 6) is -1.09. The second kappa shape index (κ2) is 5.60. The Morgan fingerprint density at radius 3 is 2.88 bits per heavy atom. The first-order valence-corrected chi connectivity index (χ1v) is 5.69. The number of hydrogen-bond donors (Lipinski definition) is 3. The van der Waals surface area contributed by atoms with E-state index in [9.17, 15) is 4.79 Å². The minimum absolute atomic E-state index is 0.189. The van der Waals surface area contributed by atoms with Gasteiger partial charge in [-0.1, -0.05) is 0 Å². The number of esters is 1. The number of hydrogen-bond acceptors (Lipinski definition) is 6. The molecule has 0 bridgehead atoms. The molecule has 1 unspecified atom stereocenters. The number of thiazole rings is 1. The largest absolute Gasteiger partial charge is 0.462 e. The van der Waals surface area contributed by atoms with Crippen LogP contribution in [-0.2, 0) is 20.0 Å². The predicted octanol–water partition coefficient (Wildman–Crippen LogP) is -0.0115. The maximum atomic E-state index is 11.9. The minimum Gasteiger partial charge on any atom is -0.462 e. The second-order valence-corrected chi connectivity index (χ2v) is 3.88. The van der Waals surface area contributed by atoms with Crippen LogP contribution in [0.5, 0.6) is 0 Å². The predicted molar refractivity (Wildman–Crippen MR) is 62.5 cm³/mol. The first kappa shape index (κ1) is 13.4. The highest BCUT2D eigenvalue weighted by Crippen LogP contribution is 2.25. The summed E-state index contributed by atoms with van der Waals surface area (Å²) >= 11 is 1.20. The SMILES string of the molecule is CCOC(=O)C(NC(=N)N)(OC)c1nccs1. The van der Waals surface area contributed by atoms with Gasteiger partial charge in [-0.15, -0.1) is 11.3 Å². The summed E-state index contributed by atoms with van der Waals surface area (Å²) in [5, 5.41) is 11.7. The van der Waals surface area contributed by atoms with Crippen molar-refractivity contribution in [3.05, 3.63) is 16.6 Å². The van der Waals surface area contributed by atoms with E-state index in [-0.39, 0.29) is 6.61 Å². The molecule has 0 aliphatic carbocycles. The highest BCUT2D eigenvalue weighted by Gasteiger charge is 2.45. The Labute approximate surface area is 102 Å². The Kier molecular flexibility index (Phi) is 4.41. The van der Waals surface area contributed by atoms with Crippen molar-refractivity contribution in [2.24, 2.45) is 5.73 Å². The van der Waals surface area contributed by atoms with Crippen LogP contribution in [0.1, 0.15) is 11.9 Å². The van der Waals surface area contributed by atoms with E-state index in [1.165, 1.54) is 24.6 Å². The van der Waals surface area contributed by atoms with E-state index in [2.05, 4.69) is 10.3 Å². The van der Waals surface area contributed by atoms with Crippen LogP contribution < -0.4 is 11.1 Å². The monoisotopic (exact) mass is 258 g/mol. The van der Waals surface area contributed by atoms with Gasteiger partial charge < -0.3 is 20.5 Å². The van der Waals surface area contributed by atoms with Crippen LogP contribution in [0, 0.1) is 5.41 Å². The smallest absolute Gasteiger partial charge is 0.367 e. The van der Waals surface area contributed by atoms with Crippen molar-refractivity contribution in [3.8, 4) is 0 Å². The molecule has 1 rings (SSSR count). The number of rotatable bonds is 5. The lowest BCUT2D eigenvalue weighted by Crippen LogP contribution is -2.55. The van der Waals surface area contributed by atoms with Crippen molar-refractivity contribution in [3.63, 3.8) is 0 Å². The number of nitrogens with two attached hydrogens (primary N) is 1. The van der Waals surface area contributed by atoms with E-state index in [0.717, 1.165) is 0 Å². The molecule has 0 amide bonds. The molecule has 0 aromatic carbocycles. The number of carbonyl (C=O) groups is 1. The van der Waals surface area contributed by atoms with Crippen molar-refractivity contribution in [2.45, 2.75) is 12.6 Å². The fourth-order valence-electron chi connectivity index (χ4n) is 1.23. The molecule has 17 heavy (non-hydrogen) atoms. The molecule has 1 atom stereocenters. The standard InChI is InChI=1S/C9H14N4O3S/c1-3-16-7(14)9(15-2,13-8(10)11)6-12-4-5-17-6/h4-5H,3H2,1-2H3,(H4,10,11,13). The number of aromatic nitrogens is 1. The number of ether oxygens (including phenoxy) is 2. The highest BCUT2D eigenvalue weighted by molar-refractivity contribution is 7.09. The summed E-state index contributed by atoms with van der Waals surface area (Å²) in [4.78, 5) is 15.9. The quantitative estimate of drug-likeness (QED) is 0.296. The second-order valence-electron chi connectivity index (χ2n) is 2.98. The molecular formula is C9H14N4O3S. The summed E-state index contributed by atoms with van der Waals surface area (Å²) in [5.41, 5.74) is 3.60. The maximum absolute atomic E-state index is 11.9. The average Bonchev–Trinajstić information content (AvgIpc) is 2.79. The molecule has 7 nitrogen and oxygen atoms in total. The molecule has 0 saturated heterocycles. The van der Waals surface area contributed by atoms with E-state index in [1.54, 1.807) is 12.3 Å². The minimum atomic E-state index is -1.66.